The average Bonchev–Trinajstić information content (AvgIpc) is 3.09. The number of imidazole rings is 1. The Morgan fingerprint density at radius 2 is 2.12 bits per heavy atom. The van der Waals surface area contributed by atoms with E-state index in [1.54, 1.807) is 22.8 Å². The van der Waals surface area contributed by atoms with Gasteiger partial charge in [-0.15, -0.1) is 10.2 Å². The van der Waals surface area contributed by atoms with Gasteiger partial charge in [-0.05, 0) is 37.3 Å². The van der Waals surface area contributed by atoms with E-state index in [-0.39, 0.29) is 18.1 Å². The van der Waals surface area contributed by atoms with Gasteiger partial charge in [-0.25, -0.2) is 4.98 Å². The Labute approximate surface area is 153 Å². The standard InChI is InChI=1S/C18H14ClN5O2/c1-10-20-14-4-2-3-5-15(14)24(10)9-16(25)22-23-17-12-8-11(19)6-7-13(12)21-18(17)26/h2-8,21,26H,9H2,1H3. The number of hydrogen-bond donors (Lipinski definition) is 2. The number of carbonyl (C=O) groups excluding carboxylic acids is 1. The van der Waals surface area contributed by atoms with Gasteiger partial charge in [-0.2, -0.15) is 0 Å². The van der Waals surface area contributed by atoms with Crippen molar-refractivity contribution in [3.63, 3.8) is 0 Å². The number of para-hydroxylation sites is 2. The van der Waals surface area contributed by atoms with Gasteiger partial charge in [0.2, 0.25) is 5.88 Å². The third kappa shape index (κ3) is 2.82. The van der Waals surface area contributed by atoms with Crippen molar-refractivity contribution in [1.29, 1.82) is 0 Å². The van der Waals surface area contributed by atoms with Crippen LogP contribution in [0, 0.1) is 6.92 Å². The smallest absolute Gasteiger partial charge is 0.284 e. The molecule has 4 aromatic rings. The molecule has 2 N–H and O–H groups in total. The third-order valence-electron chi connectivity index (χ3n) is 4.11. The summed E-state index contributed by atoms with van der Waals surface area (Å²) in [5, 5.41) is 18.8. The second-order valence-corrected chi connectivity index (χ2v) is 6.28. The third-order valence-corrected chi connectivity index (χ3v) is 4.35. The van der Waals surface area contributed by atoms with Crippen LogP contribution < -0.4 is 0 Å². The second-order valence-electron chi connectivity index (χ2n) is 5.84. The number of halogens is 1. The highest BCUT2D eigenvalue weighted by atomic mass is 35.5. The van der Waals surface area contributed by atoms with Gasteiger partial charge in [0, 0.05) is 10.4 Å². The lowest BCUT2D eigenvalue weighted by molar-refractivity contribution is -0.118. The Hall–Kier alpha value is -3.19. The number of aryl methyl sites for hydroxylation is 1. The van der Waals surface area contributed by atoms with Gasteiger partial charge in [0.15, 0.2) is 5.69 Å². The summed E-state index contributed by atoms with van der Waals surface area (Å²) in [5.74, 6) is 0.103. The summed E-state index contributed by atoms with van der Waals surface area (Å²) in [6, 6.07) is 12.6. The molecule has 26 heavy (non-hydrogen) atoms. The van der Waals surface area contributed by atoms with Crippen LogP contribution in [0.2, 0.25) is 5.02 Å². The van der Waals surface area contributed by atoms with Gasteiger partial charge in [-0.3, -0.25) is 4.79 Å². The van der Waals surface area contributed by atoms with Gasteiger partial charge < -0.3 is 14.7 Å². The predicted octanol–water partition coefficient (Wildman–Crippen LogP) is 4.50. The number of aromatic amines is 1. The Balaban J connectivity index is 1.63. The summed E-state index contributed by atoms with van der Waals surface area (Å²) in [6.07, 6.45) is 0. The molecule has 0 aliphatic heterocycles. The first kappa shape index (κ1) is 16.3. The van der Waals surface area contributed by atoms with Crippen molar-refractivity contribution in [2.75, 3.05) is 0 Å². The average molecular weight is 368 g/mol. The lowest BCUT2D eigenvalue weighted by Gasteiger charge is -2.02. The summed E-state index contributed by atoms with van der Waals surface area (Å²) >= 11 is 5.99. The summed E-state index contributed by atoms with van der Waals surface area (Å²) in [4.78, 5) is 19.5. The molecule has 1 amide bonds. The van der Waals surface area contributed by atoms with Gasteiger partial charge >= 0.3 is 0 Å². The molecule has 130 valence electrons. The number of azo groups is 1. The Bertz CT molecular complexity index is 1180. The predicted molar refractivity (Wildman–Crippen MR) is 99.0 cm³/mol. The van der Waals surface area contributed by atoms with E-state index in [0.717, 1.165) is 16.9 Å². The molecule has 0 saturated heterocycles. The SMILES string of the molecule is Cc1nc2ccccc2n1CC(=O)N=Nc1c(O)[nH]c2ccc(Cl)cc12. The van der Waals surface area contributed by atoms with Crippen LogP contribution in [-0.4, -0.2) is 25.5 Å². The molecule has 0 unspecified atom stereocenters. The van der Waals surface area contributed by atoms with E-state index in [4.69, 9.17) is 11.6 Å². The second kappa shape index (κ2) is 6.27. The molecule has 2 aromatic heterocycles. The quantitative estimate of drug-likeness (QED) is 0.522. The van der Waals surface area contributed by atoms with Crippen LogP contribution in [0.15, 0.2) is 52.7 Å². The molecule has 7 nitrogen and oxygen atoms in total. The van der Waals surface area contributed by atoms with Gasteiger partial charge in [0.25, 0.3) is 5.91 Å². The molecule has 0 spiro atoms. The minimum Gasteiger partial charge on any atom is -0.493 e. The highest BCUT2D eigenvalue weighted by Crippen LogP contribution is 2.36. The minimum absolute atomic E-state index is 0.0136. The lowest BCUT2D eigenvalue weighted by Crippen LogP contribution is -2.08. The van der Waals surface area contributed by atoms with Crippen LogP contribution in [0.1, 0.15) is 5.82 Å². The molecule has 0 saturated carbocycles. The van der Waals surface area contributed by atoms with E-state index in [2.05, 4.69) is 20.2 Å². The molecule has 0 aliphatic rings. The zero-order valence-corrected chi connectivity index (χ0v) is 14.5. The van der Waals surface area contributed by atoms with E-state index in [1.807, 2.05) is 31.2 Å². The minimum atomic E-state index is -0.452. The molecule has 8 heteroatoms. The number of H-pyrrole nitrogens is 1. The van der Waals surface area contributed by atoms with Crippen molar-refractivity contribution in [1.82, 2.24) is 14.5 Å². The van der Waals surface area contributed by atoms with Crippen molar-refractivity contribution in [3.8, 4) is 5.88 Å². The summed E-state index contributed by atoms with van der Waals surface area (Å²) in [5.41, 5.74) is 2.52. The van der Waals surface area contributed by atoms with Gasteiger partial charge in [0.1, 0.15) is 12.4 Å². The van der Waals surface area contributed by atoms with E-state index >= 15 is 0 Å². The van der Waals surface area contributed by atoms with Crippen LogP contribution in [0.25, 0.3) is 21.9 Å². The van der Waals surface area contributed by atoms with Crippen molar-refractivity contribution in [3.05, 3.63) is 53.3 Å². The van der Waals surface area contributed by atoms with Crippen LogP contribution in [0.5, 0.6) is 5.88 Å². The summed E-state index contributed by atoms with van der Waals surface area (Å²) in [7, 11) is 0. The number of hydrogen-bond acceptors (Lipinski definition) is 4. The fourth-order valence-corrected chi connectivity index (χ4v) is 3.08. The molecule has 0 radical (unpaired) electrons. The number of nitrogens with one attached hydrogen (secondary N) is 1. The summed E-state index contributed by atoms with van der Waals surface area (Å²) in [6.45, 7) is 1.84. The highest BCUT2D eigenvalue weighted by Gasteiger charge is 2.13. The van der Waals surface area contributed by atoms with Crippen molar-refractivity contribution in [2.24, 2.45) is 10.2 Å². The van der Waals surface area contributed by atoms with Crippen molar-refractivity contribution < 1.29 is 9.90 Å². The number of rotatable bonds is 3. The Morgan fingerprint density at radius 1 is 1.31 bits per heavy atom. The maximum absolute atomic E-state index is 12.3. The maximum Gasteiger partial charge on any atom is 0.284 e. The number of aromatic hydroxyl groups is 1. The van der Waals surface area contributed by atoms with Crippen LogP contribution >= 0.6 is 11.6 Å². The Morgan fingerprint density at radius 3 is 2.96 bits per heavy atom. The largest absolute Gasteiger partial charge is 0.493 e. The molecule has 2 heterocycles. The maximum atomic E-state index is 12.3. The van der Waals surface area contributed by atoms with Crippen LogP contribution in [0.4, 0.5) is 5.69 Å². The molecule has 2 aromatic carbocycles. The first-order chi connectivity index (χ1) is 12.5. The first-order valence-electron chi connectivity index (χ1n) is 7.89. The molecular formula is C18H14ClN5O2. The van der Waals surface area contributed by atoms with Crippen molar-refractivity contribution >= 4 is 45.1 Å². The van der Waals surface area contributed by atoms with E-state index in [9.17, 15) is 9.90 Å². The zero-order valence-electron chi connectivity index (χ0n) is 13.8. The topological polar surface area (TPSA) is 95.6 Å². The molecule has 4 rings (SSSR count). The molecule has 0 aliphatic carbocycles. The lowest BCUT2D eigenvalue weighted by atomic mass is 10.2. The van der Waals surface area contributed by atoms with Crippen molar-refractivity contribution in [2.45, 2.75) is 13.5 Å². The number of amides is 1. The van der Waals surface area contributed by atoms with E-state index in [1.165, 1.54) is 0 Å². The van der Waals surface area contributed by atoms with Crippen LogP contribution in [0.3, 0.4) is 0 Å². The fraction of sp³-hybridized carbons (Fsp3) is 0.111. The van der Waals surface area contributed by atoms with E-state index < -0.39 is 5.91 Å². The van der Waals surface area contributed by atoms with Gasteiger partial charge in [-0.1, -0.05) is 23.7 Å². The number of benzene rings is 2. The monoisotopic (exact) mass is 367 g/mol. The summed E-state index contributed by atoms with van der Waals surface area (Å²) < 4.78 is 1.78. The number of carbonyl (C=O) groups is 1. The first-order valence-corrected chi connectivity index (χ1v) is 8.27. The van der Waals surface area contributed by atoms with E-state index in [0.29, 0.717) is 15.9 Å². The molecule has 0 fully saturated rings. The molecule has 0 bridgehead atoms. The molecular weight excluding hydrogens is 354 g/mol. The Kier molecular flexibility index (Phi) is 3.93. The highest BCUT2D eigenvalue weighted by molar-refractivity contribution is 6.31. The van der Waals surface area contributed by atoms with Crippen LogP contribution in [-0.2, 0) is 11.3 Å². The normalized spacial score (nSPS) is 11.8. The number of fused-ring (bicyclic) bond motifs is 2. The molecule has 0 atom stereocenters. The number of aromatic nitrogens is 3. The number of nitrogens with zero attached hydrogens (tertiary/aromatic N) is 4. The zero-order chi connectivity index (χ0) is 18.3. The van der Waals surface area contributed by atoms with Gasteiger partial charge in [0.05, 0.1) is 16.6 Å². The fourth-order valence-electron chi connectivity index (χ4n) is 2.91.